The van der Waals surface area contributed by atoms with Crippen molar-refractivity contribution in [1.29, 1.82) is 0 Å². The third-order valence-corrected chi connectivity index (χ3v) is 3.27. The molecule has 0 aromatic carbocycles. The van der Waals surface area contributed by atoms with Crippen LogP contribution in [0.5, 0.6) is 11.6 Å². The van der Waals surface area contributed by atoms with E-state index in [1.165, 1.54) is 0 Å². The molecule has 2 heterocycles. The van der Waals surface area contributed by atoms with Crippen LogP contribution in [-0.4, -0.2) is 21.8 Å². The molecule has 19 heavy (non-hydrogen) atoms. The summed E-state index contributed by atoms with van der Waals surface area (Å²) in [4.78, 5) is 4.19. The number of pyridine rings is 1. The zero-order chi connectivity index (χ0) is 14.0. The molecule has 0 saturated heterocycles. The molecule has 0 fully saturated rings. The zero-order valence-corrected chi connectivity index (χ0v) is 12.2. The Morgan fingerprint density at radius 3 is 2.74 bits per heavy atom. The Kier molecular flexibility index (Phi) is 4.07. The topological polar surface area (TPSA) is 52.0 Å². The van der Waals surface area contributed by atoms with Crippen LogP contribution < -0.4 is 10.1 Å². The van der Waals surface area contributed by atoms with E-state index in [0.29, 0.717) is 17.4 Å². The fourth-order valence-corrected chi connectivity index (χ4v) is 2.02. The lowest BCUT2D eigenvalue weighted by Crippen LogP contribution is -2.06. The second-order valence-electron chi connectivity index (χ2n) is 4.37. The van der Waals surface area contributed by atoms with Gasteiger partial charge >= 0.3 is 0 Å². The van der Waals surface area contributed by atoms with Gasteiger partial charge in [-0.05, 0) is 26.5 Å². The van der Waals surface area contributed by atoms with Crippen molar-refractivity contribution >= 4 is 11.6 Å². The van der Waals surface area contributed by atoms with Gasteiger partial charge in [-0.1, -0.05) is 11.6 Å². The third kappa shape index (κ3) is 2.88. The van der Waals surface area contributed by atoms with E-state index >= 15 is 0 Å². The Balaban J connectivity index is 2.30. The molecular weight excluding hydrogens is 264 g/mol. The number of ether oxygens (including phenoxy) is 1. The average Bonchev–Trinajstić information content (AvgIpc) is 2.60. The normalized spacial score (nSPS) is 10.8. The van der Waals surface area contributed by atoms with Crippen LogP contribution in [0.4, 0.5) is 0 Å². The summed E-state index contributed by atoms with van der Waals surface area (Å²) >= 11 is 6.07. The molecule has 0 amide bonds. The number of rotatable bonds is 4. The van der Waals surface area contributed by atoms with Crippen molar-refractivity contribution in [1.82, 2.24) is 20.1 Å². The maximum atomic E-state index is 6.07. The number of hydrogen-bond acceptors (Lipinski definition) is 4. The molecule has 0 unspecified atom stereocenters. The molecule has 2 aromatic rings. The number of nitrogens with zero attached hydrogens (tertiary/aromatic N) is 3. The maximum absolute atomic E-state index is 6.07. The summed E-state index contributed by atoms with van der Waals surface area (Å²) in [5.74, 6) is 1.27. The Morgan fingerprint density at radius 2 is 2.16 bits per heavy atom. The van der Waals surface area contributed by atoms with Crippen molar-refractivity contribution in [3.05, 3.63) is 34.2 Å². The number of nitrogens with one attached hydrogen (secondary N) is 1. The highest BCUT2D eigenvalue weighted by atomic mass is 35.5. The summed E-state index contributed by atoms with van der Waals surface area (Å²) in [6.07, 6.45) is 1.60. The van der Waals surface area contributed by atoms with Crippen LogP contribution in [0.25, 0.3) is 0 Å². The van der Waals surface area contributed by atoms with E-state index in [1.807, 2.05) is 34.0 Å². The van der Waals surface area contributed by atoms with E-state index in [4.69, 9.17) is 16.3 Å². The van der Waals surface area contributed by atoms with E-state index < -0.39 is 0 Å². The SMILES string of the molecule is CNCc1cc(Oc2c(C)nn(C)c2C)ncc1Cl. The second-order valence-corrected chi connectivity index (χ2v) is 4.78. The van der Waals surface area contributed by atoms with Gasteiger partial charge in [0.05, 0.1) is 10.7 Å². The molecule has 0 spiro atoms. The summed E-state index contributed by atoms with van der Waals surface area (Å²) in [5.41, 5.74) is 2.75. The predicted octanol–water partition coefficient (Wildman–Crippen LogP) is 2.60. The molecule has 6 heteroatoms. The second kappa shape index (κ2) is 5.59. The highest BCUT2D eigenvalue weighted by Gasteiger charge is 2.13. The first kappa shape index (κ1) is 13.8. The first-order valence-corrected chi connectivity index (χ1v) is 6.37. The van der Waals surface area contributed by atoms with Crippen molar-refractivity contribution < 1.29 is 4.74 Å². The lowest BCUT2D eigenvalue weighted by molar-refractivity contribution is 0.454. The van der Waals surface area contributed by atoms with Gasteiger partial charge in [0.15, 0.2) is 5.75 Å². The highest BCUT2D eigenvalue weighted by Crippen LogP contribution is 2.28. The van der Waals surface area contributed by atoms with Crippen molar-refractivity contribution in [3.63, 3.8) is 0 Å². The van der Waals surface area contributed by atoms with E-state index in [9.17, 15) is 0 Å². The first-order chi connectivity index (χ1) is 9.02. The van der Waals surface area contributed by atoms with Gasteiger partial charge in [0.1, 0.15) is 5.69 Å². The molecule has 5 nitrogen and oxygen atoms in total. The lowest BCUT2D eigenvalue weighted by Gasteiger charge is -2.08. The number of aromatic nitrogens is 3. The number of halogens is 1. The van der Waals surface area contributed by atoms with Gasteiger partial charge in [0, 0.05) is 25.9 Å². The minimum atomic E-state index is 0.522. The standard InChI is InChI=1S/C13H17ClN4O/c1-8-13(9(2)18(4)17-8)19-12-5-10(6-15-3)11(14)7-16-12/h5,7,15H,6H2,1-4H3. The quantitative estimate of drug-likeness (QED) is 0.935. The first-order valence-electron chi connectivity index (χ1n) is 6.00. The fourth-order valence-electron chi connectivity index (χ4n) is 1.85. The van der Waals surface area contributed by atoms with Crippen LogP contribution >= 0.6 is 11.6 Å². The average molecular weight is 281 g/mol. The van der Waals surface area contributed by atoms with Crippen molar-refractivity contribution in [2.45, 2.75) is 20.4 Å². The van der Waals surface area contributed by atoms with Crippen molar-refractivity contribution in [2.24, 2.45) is 7.05 Å². The zero-order valence-electron chi connectivity index (χ0n) is 11.5. The summed E-state index contributed by atoms with van der Waals surface area (Å²) in [6.45, 7) is 4.54. The molecule has 0 atom stereocenters. The van der Waals surface area contributed by atoms with Crippen LogP contribution in [-0.2, 0) is 13.6 Å². The van der Waals surface area contributed by atoms with Gasteiger partial charge in [-0.25, -0.2) is 4.98 Å². The Morgan fingerprint density at radius 1 is 1.42 bits per heavy atom. The van der Waals surface area contributed by atoms with Crippen LogP contribution in [0.1, 0.15) is 17.0 Å². The van der Waals surface area contributed by atoms with Crippen LogP contribution in [0.2, 0.25) is 5.02 Å². The molecule has 0 radical (unpaired) electrons. The molecule has 2 rings (SSSR count). The molecule has 0 bridgehead atoms. The number of hydrogen-bond donors (Lipinski definition) is 1. The molecule has 0 aliphatic carbocycles. The smallest absolute Gasteiger partial charge is 0.219 e. The molecule has 102 valence electrons. The minimum Gasteiger partial charge on any atom is -0.435 e. The molecule has 1 N–H and O–H groups in total. The molecule has 0 aliphatic heterocycles. The van der Waals surface area contributed by atoms with E-state index in [2.05, 4.69) is 15.4 Å². The highest BCUT2D eigenvalue weighted by molar-refractivity contribution is 6.31. The Labute approximate surface area is 117 Å². The molecule has 0 aliphatic rings. The van der Waals surface area contributed by atoms with Gasteiger partial charge in [-0.3, -0.25) is 4.68 Å². The fraction of sp³-hybridized carbons (Fsp3) is 0.385. The van der Waals surface area contributed by atoms with Crippen molar-refractivity contribution in [3.8, 4) is 11.6 Å². The monoisotopic (exact) mass is 280 g/mol. The van der Waals surface area contributed by atoms with Crippen LogP contribution in [0.3, 0.4) is 0 Å². The molecular formula is C13H17ClN4O. The lowest BCUT2D eigenvalue weighted by atomic mass is 10.2. The number of aryl methyl sites for hydroxylation is 2. The summed E-state index contributed by atoms with van der Waals surface area (Å²) in [7, 11) is 3.75. The van der Waals surface area contributed by atoms with Gasteiger partial charge in [0.25, 0.3) is 0 Å². The van der Waals surface area contributed by atoms with Gasteiger partial charge in [-0.2, -0.15) is 5.10 Å². The van der Waals surface area contributed by atoms with Crippen molar-refractivity contribution in [2.75, 3.05) is 7.05 Å². The van der Waals surface area contributed by atoms with Gasteiger partial charge in [-0.15, -0.1) is 0 Å². The molecule has 0 saturated carbocycles. The summed E-state index contributed by atoms with van der Waals surface area (Å²) in [6, 6.07) is 1.84. The Bertz CT molecular complexity index is 595. The minimum absolute atomic E-state index is 0.522. The Hall–Kier alpha value is -1.59. The van der Waals surface area contributed by atoms with E-state index in [0.717, 1.165) is 22.7 Å². The van der Waals surface area contributed by atoms with E-state index in [1.54, 1.807) is 10.9 Å². The molecule has 2 aromatic heterocycles. The largest absolute Gasteiger partial charge is 0.435 e. The summed E-state index contributed by atoms with van der Waals surface area (Å²) in [5, 5.41) is 7.99. The van der Waals surface area contributed by atoms with E-state index in [-0.39, 0.29) is 0 Å². The van der Waals surface area contributed by atoms with Crippen LogP contribution in [0, 0.1) is 13.8 Å². The summed E-state index contributed by atoms with van der Waals surface area (Å²) < 4.78 is 7.61. The third-order valence-electron chi connectivity index (χ3n) is 2.93. The van der Waals surface area contributed by atoms with Gasteiger partial charge in [0.2, 0.25) is 5.88 Å². The maximum Gasteiger partial charge on any atom is 0.219 e. The predicted molar refractivity (Wildman–Crippen MR) is 74.8 cm³/mol. The van der Waals surface area contributed by atoms with Gasteiger partial charge < -0.3 is 10.1 Å². The van der Waals surface area contributed by atoms with Crippen LogP contribution in [0.15, 0.2) is 12.3 Å².